The van der Waals surface area contributed by atoms with E-state index in [9.17, 15) is 5.11 Å². The molecule has 2 atom stereocenters. The molecule has 0 radical (unpaired) electrons. The summed E-state index contributed by atoms with van der Waals surface area (Å²) in [5, 5.41) is 13.8. The summed E-state index contributed by atoms with van der Waals surface area (Å²) in [6.07, 6.45) is 0.796. The van der Waals surface area contributed by atoms with E-state index in [1.165, 1.54) is 0 Å². The molecule has 1 aromatic carbocycles. The van der Waals surface area contributed by atoms with Crippen LogP contribution in [0.5, 0.6) is 0 Å². The van der Waals surface area contributed by atoms with Crippen molar-refractivity contribution in [1.82, 2.24) is 5.32 Å². The topological polar surface area (TPSA) is 44.7 Å². The minimum absolute atomic E-state index is 0.241. The van der Waals surface area contributed by atoms with Crippen molar-refractivity contribution in [1.29, 1.82) is 0 Å². The van der Waals surface area contributed by atoms with Crippen LogP contribution in [0.4, 0.5) is 5.69 Å². The van der Waals surface area contributed by atoms with Gasteiger partial charge in [-0.1, -0.05) is 17.7 Å². The third-order valence-corrected chi connectivity index (χ3v) is 4.46. The Kier molecular flexibility index (Phi) is 6.30. The number of hydrogen-bond acceptors (Lipinski definition) is 4. The Morgan fingerprint density at radius 3 is 2.95 bits per heavy atom. The average molecular weight is 313 g/mol. The van der Waals surface area contributed by atoms with Gasteiger partial charge in [-0.05, 0) is 31.0 Å². The van der Waals surface area contributed by atoms with E-state index in [4.69, 9.17) is 16.3 Å². The number of halogens is 1. The molecule has 5 heteroatoms. The van der Waals surface area contributed by atoms with Crippen LogP contribution in [0.2, 0.25) is 5.02 Å². The van der Waals surface area contributed by atoms with Crippen molar-refractivity contribution in [2.45, 2.75) is 26.0 Å². The van der Waals surface area contributed by atoms with Gasteiger partial charge in [0, 0.05) is 49.9 Å². The second-order valence-corrected chi connectivity index (χ2v) is 6.09. The quantitative estimate of drug-likeness (QED) is 0.758. The molecule has 1 aliphatic heterocycles. The fourth-order valence-electron chi connectivity index (χ4n) is 2.69. The van der Waals surface area contributed by atoms with Gasteiger partial charge in [-0.15, -0.1) is 0 Å². The number of methoxy groups -OCH3 is 1. The highest BCUT2D eigenvalue weighted by Crippen LogP contribution is 2.29. The molecule has 2 unspecified atom stereocenters. The van der Waals surface area contributed by atoms with Crippen LogP contribution in [0.25, 0.3) is 0 Å². The monoisotopic (exact) mass is 312 g/mol. The number of ether oxygens (including phenoxy) is 1. The van der Waals surface area contributed by atoms with E-state index in [1.54, 1.807) is 7.11 Å². The van der Waals surface area contributed by atoms with Crippen molar-refractivity contribution >= 4 is 17.3 Å². The Morgan fingerprint density at radius 2 is 2.33 bits per heavy atom. The van der Waals surface area contributed by atoms with Crippen LogP contribution in [-0.4, -0.2) is 44.6 Å². The van der Waals surface area contributed by atoms with E-state index in [1.807, 2.05) is 13.0 Å². The third kappa shape index (κ3) is 4.58. The van der Waals surface area contributed by atoms with Crippen LogP contribution in [-0.2, 0) is 11.3 Å². The van der Waals surface area contributed by atoms with Gasteiger partial charge in [0.2, 0.25) is 0 Å². The standard InChI is InChI=1S/C16H25ClN2O2/c1-12(20)14-5-7-19(11-14)15-4-3-13(16(17)9-15)10-18-6-8-21-2/h3-4,9,12,14,18,20H,5-8,10-11H2,1-2H3. The fraction of sp³-hybridized carbons (Fsp3) is 0.625. The lowest BCUT2D eigenvalue weighted by atomic mass is 10.0. The van der Waals surface area contributed by atoms with Crippen LogP contribution in [0.1, 0.15) is 18.9 Å². The molecule has 21 heavy (non-hydrogen) atoms. The molecule has 1 fully saturated rings. The Balaban J connectivity index is 1.93. The molecule has 1 aromatic rings. The first-order chi connectivity index (χ1) is 10.1. The molecule has 0 aliphatic carbocycles. The zero-order valence-corrected chi connectivity index (χ0v) is 13.6. The van der Waals surface area contributed by atoms with Crippen LogP contribution in [0.3, 0.4) is 0 Å². The second kappa shape index (κ2) is 7.99. The van der Waals surface area contributed by atoms with Crippen LogP contribution < -0.4 is 10.2 Å². The molecule has 0 spiro atoms. The molecule has 2 N–H and O–H groups in total. The molecule has 0 amide bonds. The maximum absolute atomic E-state index is 9.69. The first-order valence-corrected chi connectivity index (χ1v) is 7.90. The zero-order valence-electron chi connectivity index (χ0n) is 12.8. The van der Waals surface area contributed by atoms with E-state index in [-0.39, 0.29) is 6.10 Å². The number of nitrogens with zero attached hydrogens (tertiary/aromatic N) is 1. The van der Waals surface area contributed by atoms with Crippen molar-refractivity contribution in [2.24, 2.45) is 5.92 Å². The molecule has 1 aliphatic rings. The Hall–Kier alpha value is -0.810. The molecule has 0 bridgehead atoms. The molecule has 118 valence electrons. The maximum Gasteiger partial charge on any atom is 0.0587 e. The summed E-state index contributed by atoms with van der Waals surface area (Å²) in [5.41, 5.74) is 2.24. The predicted molar refractivity (Wildman–Crippen MR) is 87.0 cm³/mol. The summed E-state index contributed by atoms with van der Waals surface area (Å²) < 4.78 is 5.00. The summed E-state index contributed by atoms with van der Waals surface area (Å²) in [4.78, 5) is 2.30. The van der Waals surface area contributed by atoms with Gasteiger partial charge < -0.3 is 20.1 Å². The zero-order chi connectivity index (χ0) is 15.2. The molecule has 2 rings (SSSR count). The second-order valence-electron chi connectivity index (χ2n) is 5.68. The number of hydrogen-bond donors (Lipinski definition) is 2. The van der Waals surface area contributed by atoms with Gasteiger partial charge in [0.25, 0.3) is 0 Å². The van der Waals surface area contributed by atoms with Gasteiger partial charge in [0.05, 0.1) is 12.7 Å². The number of aliphatic hydroxyl groups is 1. The van der Waals surface area contributed by atoms with Gasteiger partial charge in [-0.2, -0.15) is 0 Å². The summed E-state index contributed by atoms with van der Waals surface area (Å²) in [5.74, 6) is 0.360. The minimum atomic E-state index is -0.241. The van der Waals surface area contributed by atoms with E-state index in [0.717, 1.165) is 48.9 Å². The molecular formula is C16H25ClN2O2. The lowest BCUT2D eigenvalue weighted by molar-refractivity contribution is 0.136. The highest BCUT2D eigenvalue weighted by Gasteiger charge is 2.26. The largest absolute Gasteiger partial charge is 0.393 e. The van der Waals surface area contributed by atoms with E-state index >= 15 is 0 Å². The molecule has 4 nitrogen and oxygen atoms in total. The first kappa shape index (κ1) is 16.6. The average Bonchev–Trinajstić information content (AvgIpc) is 2.95. The number of aliphatic hydroxyl groups excluding tert-OH is 1. The van der Waals surface area contributed by atoms with Crippen molar-refractivity contribution in [3.05, 3.63) is 28.8 Å². The van der Waals surface area contributed by atoms with Gasteiger partial charge in [-0.25, -0.2) is 0 Å². The Bertz CT molecular complexity index is 454. The lowest BCUT2D eigenvalue weighted by Gasteiger charge is -2.20. The maximum atomic E-state index is 9.69. The summed E-state index contributed by atoms with van der Waals surface area (Å²) >= 11 is 6.37. The SMILES string of the molecule is COCCNCc1ccc(N2CCC(C(C)O)C2)cc1Cl. The number of anilines is 1. The van der Waals surface area contributed by atoms with Crippen molar-refractivity contribution in [3.8, 4) is 0 Å². The molecule has 1 heterocycles. The highest BCUT2D eigenvalue weighted by molar-refractivity contribution is 6.31. The van der Waals surface area contributed by atoms with Gasteiger partial charge in [-0.3, -0.25) is 0 Å². The number of benzene rings is 1. The van der Waals surface area contributed by atoms with Crippen LogP contribution >= 0.6 is 11.6 Å². The summed E-state index contributed by atoms with van der Waals surface area (Å²) in [6.45, 7) is 6.02. The molecule has 1 saturated heterocycles. The van der Waals surface area contributed by atoms with Gasteiger partial charge in [0.1, 0.15) is 0 Å². The Morgan fingerprint density at radius 1 is 1.52 bits per heavy atom. The highest BCUT2D eigenvalue weighted by atomic mass is 35.5. The van der Waals surface area contributed by atoms with Crippen LogP contribution in [0, 0.1) is 5.92 Å². The van der Waals surface area contributed by atoms with Gasteiger partial charge >= 0.3 is 0 Å². The van der Waals surface area contributed by atoms with Crippen molar-refractivity contribution in [3.63, 3.8) is 0 Å². The van der Waals surface area contributed by atoms with E-state index in [2.05, 4.69) is 22.3 Å². The summed E-state index contributed by atoms with van der Waals surface area (Å²) in [7, 11) is 1.69. The number of rotatable bonds is 7. The van der Waals surface area contributed by atoms with Crippen LogP contribution in [0.15, 0.2) is 18.2 Å². The van der Waals surface area contributed by atoms with E-state index in [0.29, 0.717) is 12.5 Å². The minimum Gasteiger partial charge on any atom is -0.393 e. The first-order valence-electron chi connectivity index (χ1n) is 7.53. The van der Waals surface area contributed by atoms with Crippen molar-refractivity contribution < 1.29 is 9.84 Å². The molecule has 0 saturated carbocycles. The lowest BCUT2D eigenvalue weighted by Crippen LogP contribution is -2.24. The normalized spacial score (nSPS) is 20.0. The molecule has 0 aromatic heterocycles. The third-order valence-electron chi connectivity index (χ3n) is 4.11. The van der Waals surface area contributed by atoms with Gasteiger partial charge in [0.15, 0.2) is 0 Å². The van der Waals surface area contributed by atoms with E-state index < -0.39 is 0 Å². The number of nitrogens with one attached hydrogen (secondary N) is 1. The predicted octanol–water partition coefficient (Wildman–Crippen LogP) is 2.28. The smallest absolute Gasteiger partial charge is 0.0587 e. The van der Waals surface area contributed by atoms with Crippen molar-refractivity contribution in [2.75, 3.05) is 38.3 Å². The molecular weight excluding hydrogens is 288 g/mol. The fourth-order valence-corrected chi connectivity index (χ4v) is 2.93. The summed E-state index contributed by atoms with van der Waals surface area (Å²) in [6, 6.07) is 6.22. The Labute approximate surface area is 132 Å².